The van der Waals surface area contributed by atoms with Gasteiger partial charge in [-0.25, -0.2) is 14.3 Å². The van der Waals surface area contributed by atoms with Gasteiger partial charge in [0, 0.05) is 24.8 Å². The standard InChI is InChI=1S/C20H22N6O/c1-2-24-18-9-8-16(15-13-22-25-11-4-3-7-17(15)25)23-19(18)26(20(24)27)14-6-5-10-21-12-14/h3-4,7-9,11,13-14,21H,2,5-6,10,12H2,1H3/t14-/m0/s1. The van der Waals surface area contributed by atoms with E-state index < -0.39 is 0 Å². The summed E-state index contributed by atoms with van der Waals surface area (Å²) in [5, 5.41) is 7.83. The summed E-state index contributed by atoms with van der Waals surface area (Å²) in [5.41, 5.74) is 4.52. The summed E-state index contributed by atoms with van der Waals surface area (Å²) in [6.07, 6.45) is 5.83. The van der Waals surface area contributed by atoms with Gasteiger partial charge in [0.1, 0.15) is 0 Å². The number of piperidine rings is 1. The van der Waals surface area contributed by atoms with Gasteiger partial charge in [0.05, 0.1) is 29.0 Å². The number of aryl methyl sites for hydroxylation is 1. The van der Waals surface area contributed by atoms with Crippen molar-refractivity contribution in [3.8, 4) is 11.3 Å². The van der Waals surface area contributed by atoms with Crippen LogP contribution in [0.15, 0.2) is 47.5 Å². The third kappa shape index (κ3) is 2.49. The van der Waals surface area contributed by atoms with Crippen LogP contribution in [0.25, 0.3) is 27.9 Å². The van der Waals surface area contributed by atoms with Crippen LogP contribution in [0.4, 0.5) is 0 Å². The maximum Gasteiger partial charge on any atom is 0.330 e. The van der Waals surface area contributed by atoms with Gasteiger partial charge in [0.25, 0.3) is 0 Å². The SMILES string of the molecule is CCn1c(=O)n([C@H]2CCCNC2)c2nc(-c3cnn4ccccc34)ccc21. The summed E-state index contributed by atoms with van der Waals surface area (Å²) in [7, 11) is 0. The van der Waals surface area contributed by atoms with E-state index in [9.17, 15) is 4.79 Å². The molecule has 0 bridgehead atoms. The van der Waals surface area contributed by atoms with Crippen LogP contribution in [0.1, 0.15) is 25.8 Å². The Morgan fingerprint density at radius 1 is 1.22 bits per heavy atom. The number of aromatic nitrogens is 5. The van der Waals surface area contributed by atoms with E-state index >= 15 is 0 Å². The number of nitrogens with one attached hydrogen (secondary N) is 1. The van der Waals surface area contributed by atoms with Crippen LogP contribution in [-0.4, -0.2) is 36.8 Å². The van der Waals surface area contributed by atoms with Crippen LogP contribution in [0.5, 0.6) is 0 Å². The fourth-order valence-corrected chi connectivity index (χ4v) is 4.12. The molecule has 1 aliphatic heterocycles. The zero-order valence-electron chi connectivity index (χ0n) is 15.3. The fraction of sp³-hybridized carbons (Fsp3) is 0.350. The first-order valence-electron chi connectivity index (χ1n) is 9.53. The third-order valence-electron chi connectivity index (χ3n) is 5.47. The molecule has 0 unspecified atom stereocenters. The minimum absolute atomic E-state index is 0.0331. The number of pyridine rings is 2. The Bertz CT molecular complexity index is 1180. The van der Waals surface area contributed by atoms with Crippen LogP contribution < -0.4 is 11.0 Å². The average molecular weight is 362 g/mol. The van der Waals surface area contributed by atoms with E-state index in [1.165, 1.54) is 0 Å². The molecule has 1 fully saturated rings. The molecule has 0 amide bonds. The molecule has 138 valence electrons. The second-order valence-corrected chi connectivity index (χ2v) is 7.02. The molecule has 0 aliphatic carbocycles. The topological polar surface area (TPSA) is 69.2 Å². The highest BCUT2D eigenvalue weighted by atomic mass is 16.1. The van der Waals surface area contributed by atoms with Crippen LogP contribution >= 0.6 is 0 Å². The molecule has 1 atom stereocenters. The van der Waals surface area contributed by atoms with Crippen molar-refractivity contribution in [3.05, 3.63) is 53.2 Å². The predicted octanol–water partition coefficient (Wildman–Crippen LogP) is 2.46. The normalized spacial score (nSPS) is 17.7. The molecule has 0 radical (unpaired) electrons. The molecule has 5 heterocycles. The first kappa shape index (κ1) is 16.3. The minimum Gasteiger partial charge on any atom is -0.315 e. The zero-order chi connectivity index (χ0) is 18.4. The summed E-state index contributed by atoms with van der Waals surface area (Å²) in [4.78, 5) is 18.0. The molecule has 27 heavy (non-hydrogen) atoms. The molecule has 4 aromatic heterocycles. The van der Waals surface area contributed by atoms with Gasteiger partial charge in [-0.3, -0.25) is 9.13 Å². The first-order chi connectivity index (χ1) is 13.3. The highest BCUT2D eigenvalue weighted by molar-refractivity contribution is 5.82. The number of fused-ring (bicyclic) bond motifs is 2. The van der Waals surface area contributed by atoms with Crippen molar-refractivity contribution in [2.24, 2.45) is 0 Å². The van der Waals surface area contributed by atoms with Gasteiger partial charge in [-0.05, 0) is 50.6 Å². The molecule has 5 rings (SSSR count). The largest absolute Gasteiger partial charge is 0.330 e. The second-order valence-electron chi connectivity index (χ2n) is 7.02. The molecule has 0 saturated carbocycles. The van der Waals surface area contributed by atoms with Gasteiger partial charge in [-0.1, -0.05) is 6.07 Å². The van der Waals surface area contributed by atoms with Crippen molar-refractivity contribution < 1.29 is 0 Å². The summed E-state index contributed by atoms with van der Waals surface area (Å²) in [6, 6.07) is 10.1. The lowest BCUT2D eigenvalue weighted by Crippen LogP contribution is -2.37. The van der Waals surface area contributed by atoms with Gasteiger partial charge >= 0.3 is 5.69 Å². The number of hydrogen-bond acceptors (Lipinski definition) is 4. The van der Waals surface area contributed by atoms with Crippen molar-refractivity contribution in [2.45, 2.75) is 32.4 Å². The summed E-state index contributed by atoms with van der Waals surface area (Å²) in [5.74, 6) is 0. The lowest BCUT2D eigenvalue weighted by Gasteiger charge is -2.23. The first-order valence-corrected chi connectivity index (χ1v) is 9.53. The van der Waals surface area contributed by atoms with E-state index in [1.54, 1.807) is 0 Å². The Labute approximate surface area is 156 Å². The van der Waals surface area contributed by atoms with Crippen molar-refractivity contribution in [2.75, 3.05) is 13.1 Å². The lowest BCUT2D eigenvalue weighted by atomic mass is 10.1. The van der Waals surface area contributed by atoms with E-state index in [-0.39, 0.29) is 11.7 Å². The van der Waals surface area contributed by atoms with E-state index in [0.717, 1.165) is 53.9 Å². The van der Waals surface area contributed by atoms with Crippen molar-refractivity contribution in [1.29, 1.82) is 0 Å². The third-order valence-corrected chi connectivity index (χ3v) is 5.47. The van der Waals surface area contributed by atoms with E-state index in [4.69, 9.17) is 4.98 Å². The van der Waals surface area contributed by atoms with Gasteiger partial charge in [0.2, 0.25) is 0 Å². The quantitative estimate of drug-likeness (QED) is 0.608. The highest BCUT2D eigenvalue weighted by Gasteiger charge is 2.23. The number of nitrogens with zero attached hydrogens (tertiary/aromatic N) is 5. The van der Waals surface area contributed by atoms with Crippen LogP contribution in [-0.2, 0) is 6.54 Å². The van der Waals surface area contributed by atoms with Crippen LogP contribution in [0, 0.1) is 0 Å². The molecular weight excluding hydrogens is 340 g/mol. The molecule has 4 aromatic rings. The molecule has 0 spiro atoms. The van der Waals surface area contributed by atoms with E-state index in [1.807, 2.05) is 63.3 Å². The summed E-state index contributed by atoms with van der Waals surface area (Å²) < 4.78 is 5.55. The van der Waals surface area contributed by atoms with E-state index in [2.05, 4.69) is 10.4 Å². The Kier molecular flexibility index (Phi) is 3.82. The number of hydrogen-bond donors (Lipinski definition) is 1. The smallest absolute Gasteiger partial charge is 0.315 e. The summed E-state index contributed by atoms with van der Waals surface area (Å²) >= 11 is 0. The Morgan fingerprint density at radius 2 is 2.15 bits per heavy atom. The van der Waals surface area contributed by atoms with E-state index in [0.29, 0.717) is 6.54 Å². The molecule has 1 saturated heterocycles. The maximum absolute atomic E-state index is 13.1. The van der Waals surface area contributed by atoms with Crippen LogP contribution in [0.2, 0.25) is 0 Å². The van der Waals surface area contributed by atoms with Gasteiger partial charge in [-0.15, -0.1) is 0 Å². The van der Waals surface area contributed by atoms with Crippen LogP contribution in [0.3, 0.4) is 0 Å². The Hall–Kier alpha value is -2.93. The maximum atomic E-state index is 13.1. The Morgan fingerprint density at radius 3 is 2.96 bits per heavy atom. The highest BCUT2D eigenvalue weighted by Crippen LogP contribution is 2.27. The zero-order valence-corrected chi connectivity index (χ0v) is 15.3. The van der Waals surface area contributed by atoms with Crippen molar-refractivity contribution in [3.63, 3.8) is 0 Å². The van der Waals surface area contributed by atoms with Crippen molar-refractivity contribution in [1.82, 2.24) is 29.0 Å². The minimum atomic E-state index is 0.0331. The lowest BCUT2D eigenvalue weighted by molar-refractivity contribution is 0.367. The molecule has 7 heteroatoms. The predicted molar refractivity (Wildman–Crippen MR) is 105 cm³/mol. The van der Waals surface area contributed by atoms with Crippen molar-refractivity contribution >= 4 is 16.7 Å². The van der Waals surface area contributed by atoms with Gasteiger partial charge < -0.3 is 5.32 Å². The van der Waals surface area contributed by atoms with Gasteiger partial charge in [0.15, 0.2) is 5.65 Å². The number of imidazole rings is 1. The molecule has 1 aliphatic rings. The van der Waals surface area contributed by atoms with Gasteiger partial charge in [-0.2, -0.15) is 5.10 Å². The second kappa shape index (κ2) is 6.35. The molecule has 7 nitrogen and oxygen atoms in total. The summed E-state index contributed by atoms with van der Waals surface area (Å²) in [6.45, 7) is 4.47. The molecular formula is C20H22N6O. The monoisotopic (exact) mass is 362 g/mol. The Balaban J connectivity index is 1.74. The fourth-order valence-electron chi connectivity index (χ4n) is 4.12. The molecule has 1 N–H and O–H groups in total. The number of rotatable bonds is 3. The average Bonchev–Trinajstić information content (AvgIpc) is 3.26. The molecule has 0 aromatic carbocycles.